The molecule has 0 saturated carbocycles. The maximum Gasteiger partial charge on any atom is 0.168 e. The van der Waals surface area contributed by atoms with E-state index in [1.807, 2.05) is 0 Å². The maximum absolute atomic E-state index is 11.5. The second kappa shape index (κ2) is 5.36. The van der Waals surface area contributed by atoms with Crippen LogP contribution in [-0.2, 0) is 9.84 Å². The van der Waals surface area contributed by atoms with Gasteiger partial charge >= 0.3 is 0 Å². The number of nitrogens with two attached hydrogens (primary N) is 1. The zero-order valence-electron chi connectivity index (χ0n) is 8.73. The molecule has 1 aromatic carbocycles. The summed E-state index contributed by atoms with van der Waals surface area (Å²) < 4.78 is 22.2. The van der Waals surface area contributed by atoms with Crippen molar-refractivity contribution >= 4 is 33.0 Å². The van der Waals surface area contributed by atoms with Gasteiger partial charge in [0.25, 0.3) is 0 Å². The van der Waals surface area contributed by atoms with Crippen molar-refractivity contribution in [1.82, 2.24) is 0 Å². The van der Waals surface area contributed by atoms with Crippen LogP contribution < -0.4 is 5.73 Å². The first-order chi connectivity index (χ1) is 7.33. The van der Waals surface area contributed by atoms with E-state index in [4.69, 9.17) is 28.9 Å². The van der Waals surface area contributed by atoms with Crippen LogP contribution in [-0.4, -0.2) is 18.9 Å². The summed E-state index contributed by atoms with van der Waals surface area (Å²) in [7, 11) is -3.35. The predicted octanol–water partition coefficient (Wildman–Crippen LogP) is 2.34. The summed E-state index contributed by atoms with van der Waals surface area (Å²) in [5.41, 5.74) is 6.52. The Morgan fingerprint density at radius 3 is 2.25 bits per heavy atom. The number of halogens is 2. The van der Waals surface area contributed by atoms with Gasteiger partial charge in [0.1, 0.15) is 4.71 Å². The van der Waals surface area contributed by atoms with Crippen LogP contribution in [0.25, 0.3) is 0 Å². The van der Waals surface area contributed by atoms with Gasteiger partial charge in [-0.25, -0.2) is 8.42 Å². The molecule has 0 aliphatic carbocycles. The molecule has 0 aromatic heterocycles. The summed E-state index contributed by atoms with van der Waals surface area (Å²) in [4.78, 5) is 0. The Hall–Kier alpha value is -0.290. The Kier molecular flexibility index (Phi) is 4.62. The molecule has 0 bridgehead atoms. The number of alkyl halides is 1. The minimum Gasteiger partial charge on any atom is -0.323 e. The second-order valence-electron chi connectivity index (χ2n) is 3.53. The van der Waals surface area contributed by atoms with Gasteiger partial charge in [0.15, 0.2) is 9.84 Å². The Morgan fingerprint density at radius 2 is 1.81 bits per heavy atom. The van der Waals surface area contributed by atoms with Crippen molar-refractivity contribution in [2.45, 2.75) is 17.7 Å². The van der Waals surface area contributed by atoms with E-state index < -0.39 is 20.6 Å². The highest BCUT2D eigenvalue weighted by Gasteiger charge is 2.22. The highest BCUT2D eigenvalue weighted by molar-refractivity contribution is 7.93. The molecule has 1 aromatic rings. The van der Waals surface area contributed by atoms with E-state index in [-0.39, 0.29) is 5.75 Å². The van der Waals surface area contributed by atoms with Gasteiger partial charge in [-0.15, -0.1) is 11.6 Å². The molecule has 0 spiro atoms. The first-order valence-corrected chi connectivity index (χ1v) is 7.22. The van der Waals surface area contributed by atoms with Gasteiger partial charge in [-0.1, -0.05) is 23.7 Å². The first-order valence-electron chi connectivity index (χ1n) is 4.69. The van der Waals surface area contributed by atoms with Crippen molar-refractivity contribution in [2.75, 3.05) is 5.75 Å². The van der Waals surface area contributed by atoms with Crippen LogP contribution in [0.4, 0.5) is 0 Å². The monoisotopic (exact) mass is 281 g/mol. The fraction of sp³-hybridized carbons (Fsp3) is 0.400. The molecule has 90 valence electrons. The van der Waals surface area contributed by atoms with Gasteiger partial charge in [-0.05, 0) is 24.6 Å². The van der Waals surface area contributed by atoms with E-state index in [2.05, 4.69) is 0 Å². The zero-order valence-corrected chi connectivity index (χ0v) is 11.1. The molecular formula is C10H13Cl2NO2S. The maximum atomic E-state index is 11.5. The highest BCUT2D eigenvalue weighted by atomic mass is 35.5. The van der Waals surface area contributed by atoms with E-state index in [9.17, 15) is 8.42 Å². The molecular weight excluding hydrogens is 269 g/mol. The molecule has 0 fully saturated rings. The van der Waals surface area contributed by atoms with Gasteiger partial charge in [0.2, 0.25) is 0 Å². The third-order valence-corrected chi connectivity index (χ3v) is 5.08. The lowest BCUT2D eigenvalue weighted by molar-refractivity contribution is 0.587. The normalized spacial score (nSPS) is 15.8. The van der Waals surface area contributed by atoms with Gasteiger partial charge in [0, 0.05) is 11.1 Å². The molecule has 0 radical (unpaired) electrons. The van der Waals surface area contributed by atoms with E-state index >= 15 is 0 Å². The Balaban J connectivity index is 2.81. The van der Waals surface area contributed by atoms with Crippen LogP contribution in [0.5, 0.6) is 0 Å². The largest absolute Gasteiger partial charge is 0.323 e. The van der Waals surface area contributed by atoms with Crippen molar-refractivity contribution in [1.29, 1.82) is 0 Å². The van der Waals surface area contributed by atoms with Crippen LogP contribution in [0.2, 0.25) is 5.02 Å². The van der Waals surface area contributed by atoms with Crippen LogP contribution in [0.3, 0.4) is 0 Å². The van der Waals surface area contributed by atoms with Crippen LogP contribution in [0.15, 0.2) is 24.3 Å². The molecule has 6 heteroatoms. The second-order valence-corrected chi connectivity index (χ2v) is 7.25. The summed E-state index contributed by atoms with van der Waals surface area (Å²) in [5, 5.41) is 0.588. The molecule has 3 nitrogen and oxygen atoms in total. The zero-order chi connectivity index (χ0) is 12.3. The quantitative estimate of drug-likeness (QED) is 0.862. The molecule has 1 rings (SSSR count). The standard InChI is InChI=1S/C10H13Cl2NO2S/c1-7(11)16(14,15)6-10(13)8-2-4-9(12)5-3-8/h2-5,7,10H,6,13H2,1H3. The number of sulfone groups is 1. The summed E-state index contributed by atoms with van der Waals surface area (Å²) in [6, 6.07) is 6.19. The molecule has 0 aliphatic heterocycles. The molecule has 2 unspecified atom stereocenters. The number of hydrogen-bond donors (Lipinski definition) is 1. The van der Waals surface area contributed by atoms with E-state index in [1.54, 1.807) is 24.3 Å². The molecule has 0 aliphatic rings. The minimum absolute atomic E-state index is 0.167. The lowest BCUT2D eigenvalue weighted by atomic mass is 10.1. The van der Waals surface area contributed by atoms with Gasteiger partial charge in [-0.3, -0.25) is 0 Å². The lowest BCUT2D eigenvalue weighted by Crippen LogP contribution is -2.25. The van der Waals surface area contributed by atoms with Crippen molar-refractivity contribution < 1.29 is 8.42 Å². The topological polar surface area (TPSA) is 60.2 Å². The fourth-order valence-electron chi connectivity index (χ4n) is 1.19. The molecule has 0 saturated heterocycles. The van der Waals surface area contributed by atoms with Gasteiger partial charge in [0.05, 0.1) is 5.75 Å². The smallest absolute Gasteiger partial charge is 0.168 e. The highest BCUT2D eigenvalue weighted by Crippen LogP contribution is 2.18. The average Bonchev–Trinajstić information content (AvgIpc) is 2.17. The first kappa shape index (κ1) is 13.8. The van der Waals surface area contributed by atoms with Crippen LogP contribution >= 0.6 is 23.2 Å². The van der Waals surface area contributed by atoms with Crippen LogP contribution in [0.1, 0.15) is 18.5 Å². The minimum atomic E-state index is -3.35. The van der Waals surface area contributed by atoms with Crippen LogP contribution in [0, 0.1) is 0 Å². The molecule has 0 amide bonds. The van der Waals surface area contributed by atoms with Gasteiger partial charge in [-0.2, -0.15) is 0 Å². The number of benzene rings is 1. The molecule has 2 N–H and O–H groups in total. The van der Waals surface area contributed by atoms with Crippen molar-refractivity contribution in [2.24, 2.45) is 5.73 Å². The number of rotatable bonds is 4. The lowest BCUT2D eigenvalue weighted by Gasteiger charge is -2.13. The Bertz CT molecular complexity index is 442. The summed E-state index contributed by atoms with van der Waals surface area (Å²) in [6.07, 6.45) is 0. The van der Waals surface area contributed by atoms with Gasteiger partial charge < -0.3 is 5.73 Å². The molecule has 16 heavy (non-hydrogen) atoms. The Morgan fingerprint density at radius 1 is 1.31 bits per heavy atom. The Labute approximate surface area is 105 Å². The van der Waals surface area contributed by atoms with Crippen molar-refractivity contribution in [3.63, 3.8) is 0 Å². The predicted molar refractivity (Wildman–Crippen MR) is 67.5 cm³/mol. The fourth-order valence-corrected chi connectivity index (χ4v) is 2.49. The third-order valence-electron chi connectivity index (χ3n) is 2.20. The van der Waals surface area contributed by atoms with Crippen molar-refractivity contribution in [3.05, 3.63) is 34.9 Å². The number of hydrogen-bond acceptors (Lipinski definition) is 3. The summed E-state index contributed by atoms with van der Waals surface area (Å²) >= 11 is 11.3. The summed E-state index contributed by atoms with van der Waals surface area (Å²) in [6.45, 7) is 1.42. The molecule has 0 heterocycles. The molecule has 2 atom stereocenters. The van der Waals surface area contributed by atoms with Crippen molar-refractivity contribution in [3.8, 4) is 0 Å². The van der Waals surface area contributed by atoms with E-state index in [0.717, 1.165) is 5.56 Å². The third kappa shape index (κ3) is 3.63. The summed E-state index contributed by atoms with van der Waals surface area (Å²) in [5.74, 6) is -0.167. The SMILES string of the molecule is CC(Cl)S(=O)(=O)CC(N)c1ccc(Cl)cc1. The average molecular weight is 282 g/mol. The van der Waals surface area contributed by atoms with E-state index in [1.165, 1.54) is 6.92 Å². The van der Waals surface area contributed by atoms with E-state index in [0.29, 0.717) is 5.02 Å².